The summed E-state index contributed by atoms with van der Waals surface area (Å²) in [5.74, 6) is -3.43. The third-order valence-corrected chi connectivity index (χ3v) is 5.65. The number of hydrogen-bond acceptors (Lipinski definition) is 3. The van der Waals surface area contributed by atoms with E-state index in [9.17, 15) is 4.79 Å². The largest absolute Gasteiger partial charge is 0.493 e. The average Bonchev–Trinajstić information content (AvgIpc) is 3.56. The first-order chi connectivity index (χ1) is 23.3. The molecule has 2 heterocycles. The summed E-state index contributed by atoms with van der Waals surface area (Å²) < 4.78 is 165. The van der Waals surface area contributed by atoms with Gasteiger partial charge in [0.05, 0.1) is 27.1 Å². The van der Waals surface area contributed by atoms with Gasteiger partial charge in [-0.25, -0.2) is 0 Å². The quantitative estimate of drug-likeness (QED) is 0.599. The first-order valence-corrected chi connectivity index (χ1v) is 9.81. The van der Waals surface area contributed by atoms with E-state index >= 15 is 0 Å². The molecule has 0 saturated carbocycles. The smallest absolute Gasteiger partial charge is 0.232 e. The molecule has 1 fully saturated rings. The number of nitrogens with two attached hydrogens (primary N) is 1. The van der Waals surface area contributed by atoms with Crippen LogP contribution in [0.3, 0.4) is 0 Å². The first-order valence-electron chi connectivity index (χ1n) is 19.3. The van der Waals surface area contributed by atoms with E-state index < -0.39 is 156 Å². The number of primary amides is 1. The van der Waals surface area contributed by atoms with Gasteiger partial charge in [0.15, 0.2) is 0 Å². The SMILES string of the molecule is [2H]c1c([2H])c([2H])c(C(C(N)=O)(c2c([2H])c([2H])c([2H])c([2H])c2[2H])[C@@H]2CCN(CC([2H])([2H])c3c([2H])c([2H])c4c(c3[2H])C([2H])([2H])C([2H])([2H])O4)C2)c([2H])c1[2H]. The molecule has 0 spiro atoms. The number of likely N-dealkylation sites (tertiary alicyclic amines) is 1. The van der Waals surface area contributed by atoms with Crippen molar-refractivity contribution in [3.05, 3.63) is 101 Å². The van der Waals surface area contributed by atoms with Gasteiger partial charge in [-0.05, 0) is 53.6 Å². The van der Waals surface area contributed by atoms with Crippen LogP contribution >= 0.6 is 0 Å². The number of fused-ring (bicyclic) bond motifs is 1. The minimum Gasteiger partial charge on any atom is -0.493 e. The number of hydrogen-bond donors (Lipinski definition) is 1. The lowest BCUT2D eigenvalue weighted by Gasteiger charge is -2.37. The molecule has 3 aromatic rings. The second-order valence-electron chi connectivity index (χ2n) is 7.35. The molecule has 5 rings (SSSR count). The number of amides is 1. The van der Waals surface area contributed by atoms with Gasteiger partial charge in [0, 0.05) is 24.9 Å². The molecule has 3 aromatic carbocycles. The molecule has 2 aliphatic rings. The molecule has 0 radical (unpaired) electrons. The summed E-state index contributed by atoms with van der Waals surface area (Å²) in [5.41, 5.74) is 0.368. The highest BCUT2D eigenvalue weighted by atomic mass is 16.5. The highest BCUT2D eigenvalue weighted by Crippen LogP contribution is 2.43. The predicted molar refractivity (Wildman–Crippen MR) is 127 cm³/mol. The molecule has 1 atom stereocenters. The van der Waals surface area contributed by atoms with Crippen molar-refractivity contribution in [2.75, 3.05) is 26.2 Å². The molecule has 2 aliphatic heterocycles. The summed E-state index contributed by atoms with van der Waals surface area (Å²) in [5, 5.41) is 0. The average molecular weight is 446 g/mol. The number of ether oxygens (including phenoxy) is 1. The van der Waals surface area contributed by atoms with E-state index in [1.54, 1.807) is 0 Å². The van der Waals surface area contributed by atoms with Gasteiger partial charge in [0.2, 0.25) is 5.91 Å². The predicted octanol–water partition coefficient (Wildman–Crippen LogP) is 3.96. The Hall–Kier alpha value is -3.11. The van der Waals surface area contributed by atoms with Crippen molar-refractivity contribution in [1.82, 2.24) is 4.90 Å². The standard InChI is InChI=1S/C28H30N2O2/c29-27(31)28(23-7-3-1-4-8-23,24-9-5-2-6-10-24)25-14-17-30(20-25)16-13-21-11-12-26-22(19-21)15-18-32-26/h1-12,19,25H,13-18,20H2,(H2,29,31)/t25-/m1/s1/i1D,2D,3D,4D,5D,6D,7D,8D,9D,10D,11D,12D,13D2,15D2,18D2,19D. The fraction of sp³-hybridized carbons (Fsp3) is 0.321. The van der Waals surface area contributed by atoms with Crippen LogP contribution in [0.1, 0.15) is 54.7 Å². The zero-order chi connectivity index (χ0) is 38.7. The Balaban J connectivity index is 1.70. The van der Waals surface area contributed by atoms with Gasteiger partial charge < -0.3 is 15.4 Å². The zero-order valence-electron chi connectivity index (χ0n) is 35.7. The maximum Gasteiger partial charge on any atom is 0.232 e. The molecule has 2 N–H and O–H groups in total. The third kappa shape index (κ3) is 3.69. The fourth-order valence-electron chi connectivity index (χ4n) is 4.17. The molecule has 0 unspecified atom stereocenters. The molecule has 4 heteroatoms. The molecule has 0 bridgehead atoms. The van der Waals surface area contributed by atoms with E-state index in [-0.39, 0.29) is 13.0 Å². The third-order valence-electron chi connectivity index (χ3n) is 5.65. The summed E-state index contributed by atoms with van der Waals surface area (Å²) >= 11 is 0. The van der Waals surface area contributed by atoms with Crippen molar-refractivity contribution in [2.45, 2.75) is 24.6 Å². The van der Waals surface area contributed by atoms with Crippen molar-refractivity contribution >= 4 is 5.91 Å². The van der Waals surface area contributed by atoms with E-state index in [1.165, 1.54) is 4.90 Å². The van der Waals surface area contributed by atoms with Crippen molar-refractivity contribution in [3.8, 4) is 5.75 Å². The Kier molecular flexibility index (Phi) is 2.29. The maximum atomic E-state index is 13.9. The fourth-order valence-corrected chi connectivity index (χ4v) is 4.17. The normalized spacial score (nSPS) is 30.4. The van der Waals surface area contributed by atoms with Gasteiger partial charge in [-0.1, -0.05) is 72.5 Å². The molecule has 0 aromatic heterocycles. The highest BCUT2D eigenvalue weighted by molar-refractivity contribution is 5.91. The van der Waals surface area contributed by atoms with Gasteiger partial charge in [0.1, 0.15) is 11.2 Å². The Bertz CT molecular complexity index is 1890. The highest BCUT2D eigenvalue weighted by Gasteiger charge is 2.49. The van der Waals surface area contributed by atoms with Crippen molar-refractivity contribution in [2.24, 2.45) is 11.7 Å². The summed E-state index contributed by atoms with van der Waals surface area (Å²) in [4.78, 5) is 15.3. The Morgan fingerprint density at radius 1 is 1.12 bits per heavy atom. The topological polar surface area (TPSA) is 55.6 Å². The maximum absolute atomic E-state index is 13.9. The van der Waals surface area contributed by atoms with Crippen LogP contribution in [0.25, 0.3) is 0 Å². The molecule has 164 valence electrons. The minimum atomic E-state index is -3.04. The second-order valence-corrected chi connectivity index (χ2v) is 7.35. The summed E-state index contributed by atoms with van der Waals surface area (Å²) in [6.07, 6.45) is -5.90. The molecule has 4 nitrogen and oxygen atoms in total. The summed E-state index contributed by atoms with van der Waals surface area (Å²) in [6, 6.07) is -11.5. The van der Waals surface area contributed by atoms with Crippen LogP contribution < -0.4 is 10.5 Å². The molecule has 32 heavy (non-hydrogen) atoms. The van der Waals surface area contributed by atoms with E-state index in [1.807, 2.05) is 0 Å². The van der Waals surface area contributed by atoms with E-state index in [0.29, 0.717) is 0 Å². The van der Waals surface area contributed by atoms with Crippen molar-refractivity contribution in [1.29, 1.82) is 0 Å². The summed E-state index contributed by atoms with van der Waals surface area (Å²) in [7, 11) is 0. The van der Waals surface area contributed by atoms with Gasteiger partial charge in [-0.15, -0.1) is 0 Å². The van der Waals surface area contributed by atoms with Gasteiger partial charge in [-0.2, -0.15) is 0 Å². The molecule has 1 saturated heterocycles. The lowest BCUT2D eigenvalue weighted by molar-refractivity contribution is -0.123. The minimum absolute atomic E-state index is 0.123. The van der Waals surface area contributed by atoms with Crippen LogP contribution in [0.2, 0.25) is 0 Å². The molecule has 1 amide bonds. The lowest BCUT2D eigenvalue weighted by atomic mass is 9.64. The van der Waals surface area contributed by atoms with Gasteiger partial charge in [-0.3, -0.25) is 4.79 Å². The molecular weight excluding hydrogens is 396 g/mol. The van der Waals surface area contributed by atoms with Crippen LogP contribution in [0, 0.1) is 5.92 Å². The Labute approximate surface area is 216 Å². The Morgan fingerprint density at radius 2 is 1.81 bits per heavy atom. The lowest BCUT2D eigenvalue weighted by Crippen LogP contribution is -2.49. The van der Waals surface area contributed by atoms with E-state index in [2.05, 4.69) is 0 Å². The van der Waals surface area contributed by atoms with Crippen LogP contribution in [0.15, 0.2) is 78.6 Å². The Morgan fingerprint density at radius 3 is 2.47 bits per heavy atom. The molecule has 0 aliphatic carbocycles. The molecular formula is C28H30N2O2. The van der Waals surface area contributed by atoms with Crippen molar-refractivity contribution in [3.63, 3.8) is 0 Å². The van der Waals surface area contributed by atoms with Gasteiger partial charge >= 0.3 is 0 Å². The van der Waals surface area contributed by atoms with Crippen LogP contribution in [-0.4, -0.2) is 37.0 Å². The van der Waals surface area contributed by atoms with Gasteiger partial charge in [0.25, 0.3) is 0 Å². The number of carbonyl (C=O) groups excluding carboxylic acids is 1. The van der Waals surface area contributed by atoms with E-state index in [0.717, 1.165) is 0 Å². The van der Waals surface area contributed by atoms with Crippen LogP contribution in [0.4, 0.5) is 0 Å². The number of benzene rings is 3. The van der Waals surface area contributed by atoms with Crippen molar-refractivity contribution < 1.29 is 35.6 Å². The number of rotatable bonds is 7. The zero-order valence-corrected chi connectivity index (χ0v) is 16.7. The first kappa shape index (κ1) is 8.35. The van der Waals surface area contributed by atoms with Crippen LogP contribution in [0.5, 0.6) is 5.75 Å². The van der Waals surface area contributed by atoms with Crippen LogP contribution in [-0.2, 0) is 23.0 Å². The monoisotopic (exact) mass is 445 g/mol. The van der Waals surface area contributed by atoms with E-state index in [4.69, 9.17) is 36.5 Å². The summed E-state index contributed by atoms with van der Waals surface area (Å²) in [6.45, 7) is -4.27. The second kappa shape index (κ2) is 8.79. The number of nitrogens with zero attached hydrogens (tertiary/aromatic N) is 1. The number of carbonyl (C=O) groups is 1.